The van der Waals surface area contributed by atoms with Crippen LogP contribution in [-0.4, -0.2) is 4.98 Å². The summed E-state index contributed by atoms with van der Waals surface area (Å²) in [6.07, 6.45) is 3.86. The molecule has 4 heterocycles. The maximum absolute atomic E-state index is 4.40. The van der Waals surface area contributed by atoms with E-state index in [2.05, 4.69) is 143 Å². The van der Waals surface area contributed by atoms with Gasteiger partial charge in [-0.25, -0.2) is 0 Å². The summed E-state index contributed by atoms with van der Waals surface area (Å²) in [6, 6.07) is 49.2. The summed E-state index contributed by atoms with van der Waals surface area (Å²) in [5.41, 5.74) is 5.90. The van der Waals surface area contributed by atoms with Crippen molar-refractivity contribution in [2.45, 2.75) is 0 Å². The van der Waals surface area contributed by atoms with E-state index in [1.54, 1.807) is 0 Å². The number of hydrogen-bond acceptors (Lipinski definition) is 5. The van der Waals surface area contributed by atoms with Crippen molar-refractivity contribution in [3.8, 4) is 11.1 Å². The molecule has 0 saturated carbocycles. The van der Waals surface area contributed by atoms with Crippen LogP contribution in [0.3, 0.4) is 0 Å². The van der Waals surface area contributed by atoms with Gasteiger partial charge in [-0.15, -0.1) is 34.0 Å². The predicted octanol–water partition coefficient (Wildman–Crippen LogP) is 13.3. The number of benzene rings is 6. The lowest BCUT2D eigenvalue weighted by atomic mass is 10.0. The Bertz CT molecular complexity index is 2770. The molecule has 0 bridgehead atoms. The fourth-order valence-electron chi connectivity index (χ4n) is 6.83. The number of hydrogen-bond donors (Lipinski definition) is 0. The topological polar surface area (TPSA) is 16.1 Å². The number of rotatable bonds is 4. The smallest absolute Gasteiger partial charge is 0.0554 e. The molecule has 46 heavy (non-hydrogen) atoms. The molecule has 10 rings (SSSR count). The van der Waals surface area contributed by atoms with Crippen LogP contribution < -0.4 is 4.90 Å². The van der Waals surface area contributed by atoms with Crippen LogP contribution in [0.25, 0.3) is 71.6 Å². The molecule has 2 nitrogen and oxygen atoms in total. The largest absolute Gasteiger partial charge is 0.310 e. The van der Waals surface area contributed by atoms with Crippen LogP contribution in [0.2, 0.25) is 0 Å². The molecule has 4 aromatic heterocycles. The van der Waals surface area contributed by atoms with Crippen LogP contribution in [0.15, 0.2) is 146 Å². The van der Waals surface area contributed by atoms with E-state index in [4.69, 9.17) is 0 Å². The third-order valence-corrected chi connectivity index (χ3v) is 12.4. The second kappa shape index (κ2) is 10.2. The van der Waals surface area contributed by atoms with Crippen molar-refractivity contribution in [1.29, 1.82) is 0 Å². The van der Waals surface area contributed by atoms with E-state index in [1.165, 1.54) is 77.3 Å². The molecule has 0 aliphatic rings. The van der Waals surface area contributed by atoms with Crippen molar-refractivity contribution < 1.29 is 0 Å². The van der Waals surface area contributed by atoms with Crippen LogP contribution >= 0.6 is 34.0 Å². The molecule has 0 aliphatic heterocycles. The summed E-state index contributed by atoms with van der Waals surface area (Å²) in [6.45, 7) is 0. The number of fused-ring (bicyclic) bond motifs is 9. The zero-order valence-electron chi connectivity index (χ0n) is 24.5. The highest BCUT2D eigenvalue weighted by molar-refractivity contribution is 7.26. The Morgan fingerprint density at radius 3 is 1.87 bits per heavy atom. The van der Waals surface area contributed by atoms with Gasteiger partial charge in [0.1, 0.15) is 0 Å². The van der Waals surface area contributed by atoms with E-state index >= 15 is 0 Å². The first-order chi connectivity index (χ1) is 22.8. The Morgan fingerprint density at radius 2 is 1.02 bits per heavy atom. The molecule has 10 aromatic rings. The highest BCUT2D eigenvalue weighted by Gasteiger charge is 2.20. The van der Waals surface area contributed by atoms with Crippen molar-refractivity contribution in [2.24, 2.45) is 0 Å². The first-order valence-electron chi connectivity index (χ1n) is 15.3. The zero-order valence-corrected chi connectivity index (χ0v) is 26.9. The molecule has 0 amide bonds. The van der Waals surface area contributed by atoms with Gasteiger partial charge in [-0.3, -0.25) is 4.98 Å². The van der Waals surface area contributed by atoms with Crippen molar-refractivity contribution >= 4 is 112 Å². The molecule has 0 fully saturated rings. The molecule has 0 saturated heterocycles. The van der Waals surface area contributed by atoms with E-state index in [-0.39, 0.29) is 0 Å². The minimum atomic E-state index is 1.14. The second-order valence-electron chi connectivity index (χ2n) is 11.6. The van der Waals surface area contributed by atoms with Gasteiger partial charge in [0.2, 0.25) is 0 Å². The molecule has 0 unspecified atom stereocenters. The lowest BCUT2D eigenvalue weighted by molar-refractivity contribution is 1.31. The van der Waals surface area contributed by atoms with Gasteiger partial charge in [-0.1, -0.05) is 60.7 Å². The Balaban J connectivity index is 1.17. The summed E-state index contributed by atoms with van der Waals surface area (Å²) < 4.78 is 7.81. The Labute approximate surface area is 277 Å². The van der Waals surface area contributed by atoms with E-state index in [9.17, 15) is 0 Å². The normalized spacial score (nSPS) is 11.9. The van der Waals surface area contributed by atoms with Gasteiger partial charge < -0.3 is 4.90 Å². The fourth-order valence-corrected chi connectivity index (χ4v) is 10.1. The lowest BCUT2D eigenvalue weighted by Crippen LogP contribution is -2.10. The molecular weight excluding hydrogens is 617 g/mol. The van der Waals surface area contributed by atoms with Gasteiger partial charge in [-0.05, 0) is 83.9 Å². The van der Waals surface area contributed by atoms with Gasteiger partial charge in [0.25, 0.3) is 0 Å². The van der Waals surface area contributed by atoms with E-state index in [0.29, 0.717) is 0 Å². The van der Waals surface area contributed by atoms with Crippen LogP contribution in [0, 0.1) is 0 Å². The SMILES string of the molecule is c1ccc2c(c1)sc1ccc(N(c3ccc(-c4ccc5sc6ccncc6c5c4)cc3)c3cccc4sc5ccccc5c34)cc12. The monoisotopic (exact) mass is 640 g/mol. The molecule has 216 valence electrons. The number of thiophene rings is 3. The molecule has 0 atom stereocenters. The van der Waals surface area contributed by atoms with Crippen molar-refractivity contribution in [1.82, 2.24) is 4.98 Å². The van der Waals surface area contributed by atoms with Gasteiger partial charge >= 0.3 is 0 Å². The van der Waals surface area contributed by atoms with E-state index in [1.807, 2.05) is 46.4 Å². The van der Waals surface area contributed by atoms with Crippen LogP contribution in [0.4, 0.5) is 17.1 Å². The molecule has 0 radical (unpaired) electrons. The Hall–Kier alpha value is -5.07. The third-order valence-electron chi connectivity index (χ3n) is 8.97. The number of anilines is 3. The predicted molar refractivity (Wildman–Crippen MR) is 203 cm³/mol. The highest BCUT2D eigenvalue weighted by atomic mass is 32.1. The van der Waals surface area contributed by atoms with Gasteiger partial charge in [0, 0.05) is 84.3 Å². The maximum atomic E-state index is 4.40. The number of nitrogens with zero attached hydrogens (tertiary/aromatic N) is 2. The summed E-state index contributed by atoms with van der Waals surface area (Å²) >= 11 is 5.55. The van der Waals surface area contributed by atoms with Crippen molar-refractivity contribution in [3.63, 3.8) is 0 Å². The van der Waals surface area contributed by atoms with Crippen molar-refractivity contribution in [2.75, 3.05) is 4.90 Å². The first kappa shape index (κ1) is 26.2. The van der Waals surface area contributed by atoms with Crippen LogP contribution in [0.5, 0.6) is 0 Å². The first-order valence-corrected chi connectivity index (χ1v) is 17.7. The highest BCUT2D eigenvalue weighted by Crippen LogP contribution is 2.46. The standard InChI is InChI=1S/C41H24N2S3/c1-3-9-35-29(6-1)32-23-28(17-19-38(32)44-35)43(34-8-5-11-40-41(34)30-7-2-4-10-36(30)46-40)27-15-12-25(13-16-27)26-14-18-37-31(22-26)33-24-42-21-20-39(33)45-37/h1-24H. The maximum Gasteiger partial charge on any atom is 0.0554 e. The van der Waals surface area contributed by atoms with Gasteiger partial charge in [0.15, 0.2) is 0 Å². The molecule has 0 aliphatic carbocycles. The summed E-state index contributed by atoms with van der Waals surface area (Å²) in [5.74, 6) is 0. The number of aromatic nitrogens is 1. The van der Waals surface area contributed by atoms with E-state index in [0.717, 1.165) is 11.4 Å². The summed E-state index contributed by atoms with van der Waals surface area (Å²) in [5, 5.41) is 7.69. The second-order valence-corrected chi connectivity index (χ2v) is 14.8. The fraction of sp³-hybridized carbons (Fsp3) is 0. The van der Waals surface area contributed by atoms with Gasteiger partial charge in [0.05, 0.1) is 5.69 Å². The summed E-state index contributed by atoms with van der Waals surface area (Å²) in [7, 11) is 0. The van der Waals surface area contributed by atoms with Crippen LogP contribution in [-0.2, 0) is 0 Å². The average molecular weight is 641 g/mol. The Morgan fingerprint density at radius 1 is 0.413 bits per heavy atom. The minimum Gasteiger partial charge on any atom is -0.310 e. The van der Waals surface area contributed by atoms with Crippen molar-refractivity contribution in [3.05, 3.63) is 146 Å². The molecular formula is C41H24N2S3. The van der Waals surface area contributed by atoms with E-state index < -0.39 is 0 Å². The molecule has 0 N–H and O–H groups in total. The average Bonchev–Trinajstić information content (AvgIpc) is 3.80. The van der Waals surface area contributed by atoms with Crippen LogP contribution in [0.1, 0.15) is 0 Å². The molecule has 6 aromatic carbocycles. The molecule has 5 heteroatoms. The molecule has 0 spiro atoms. The minimum absolute atomic E-state index is 1.14. The Kier molecular flexibility index (Phi) is 5.82. The summed E-state index contributed by atoms with van der Waals surface area (Å²) in [4.78, 5) is 6.84. The quantitative estimate of drug-likeness (QED) is 0.190. The number of pyridine rings is 1. The third kappa shape index (κ3) is 4.03. The lowest BCUT2D eigenvalue weighted by Gasteiger charge is -2.27. The van der Waals surface area contributed by atoms with Gasteiger partial charge in [-0.2, -0.15) is 0 Å². The zero-order chi connectivity index (χ0) is 30.2.